The SMILES string of the molecule is CCOC(=O)C1(C(=O)OCC)CC#CCC(C(=O)OCC)(C(=O)OCC)CC#CCC(C(=O)OCC)(C(=O)OCC)CC#CCC(C(=O)OCC)(C(=O)OCC)CC#CC1. The van der Waals surface area contributed by atoms with Crippen LogP contribution in [0, 0.1) is 69.0 Å². The Hall–Kier alpha value is -6.00. The summed E-state index contributed by atoms with van der Waals surface area (Å²) in [4.78, 5) is 109. The van der Waals surface area contributed by atoms with Gasteiger partial charge in [-0.1, -0.05) is 0 Å². The molecule has 0 radical (unpaired) electrons. The van der Waals surface area contributed by atoms with Gasteiger partial charge in [0.25, 0.3) is 0 Å². The van der Waals surface area contributed by atoms with Crippen LogP contribution in [-0.2, 0) is 76.3 Å². The van der Waals surface area contributed by atoms with Gasteiger partial charge in [-0.2, -0.15) is 0 Å². The Morgan fingerprint density at radius 3 is 0.450 bits per heavy atom. The van der Waals surface area contributed by atoms with Crippen LogP contribution in [0.2, 0.25) is 0 Å². The Balaban J connectivity index is 4.42. The third-order valence-electron chi connectivity index (χ3n) is 8.95. The molecule has 0 unspecified atom stereocenters. The molecule has 0 fully saturated rings. The molecule has 1 rings (SSSR count). The van der Waals surface area contributed by atoms with Gasteiger partial charge in [0.15, 0.2) is 21.7 Å². The van der Waals surface area contributed by atoms with E-state index in [4.69, 9.17) is 37.9 Å². The lowest BCUT2D eigenvalue weighted by atomic mass is 9.78. The third-order valence-corrected chi connectivity index (χ3v) is 8.95. The number of carbonyl (C=O) groups is 8. The molecule has 1 aliphatic carbocycles. The molecule has 328 valence electrons. The topological polar surface area (TPSA) is 210 Å². The fourth-order valence-electron chi connectivity index (χ4n) is 5.60. The molecule has 0 aromatic carbocycles. The molecule has 0 spiro atoms. The molecule has 0 N–H and O–H groups in total. The van der Waals surface area contributed by atoms with E-state index in [9.17, 15) is 38.4 Å². The number of hydrogen-bond donors (Lipinski definition) is 0. The summed E-state index contributed by atoms with van der Waals surface area (Å²) in [6.07, 6.45) is -4.66. The van der Waals surface area contributed by atoms with Gasteiger partial charge in [-0.15, -0.1) is 47.4 Å². The van der Waals surface area contributed by atoms with Crippen LogP contribution in [-0.4, -0.2) is 101 Å². The van der Waals surface area contributed by atoms with Crippen molar-refractivity contribution >= 4 is 47.8 Å². The average Bonchev–Trinajstić information content (AvgIpc) is 3.21. The second-order valence-electron chi connectivity index (χ2n) is 12.9. The van der Waals surface area contributed by atoms with E-state index in [0.717, 1.165) is 0 Å². The Morgan fingerprint density at radius 1 is 0.267 bits per heavy atom. The van der Waals surface area contributed by atoms with Gasteiger partial charge in [-0.05, 0) is 55.4 Å². The van der Waals surface area contributed by atoms with Crippen molar-refractivity contribution in [3.8, 4) is 47.4 Å². The van der Waals surface area contributed by atoms with E-state index in [1.54, 1.807) is 0 Å². The molecule has 1 aliphatic rings. The number of esters is 8. The largest absolute Gasteiger partial charge is 0.465 e. The zero-order valence-electron chi connectivity index (χ0n) is 35.8. The molecule has 0 saturated carbocycles. The van der Waals surface area contributed by atoms with Gasteiger partial charge in [0.05, 0.1) is 52.9 Å². The van der Waals surface area contributed by atoms with E-state index in [1.165, 1.54) is 55.4 Å². The summed E-state index contributed by atoms with van der Waals surface area (Å²) in [7, 11) is 0. The monoisotopic (exact) mass is 840 g/mol. The first-order chi connectivity index (χ1) is 28.7. The van der Waals surface area contributed by atoms with Crippen molar-refractivity contribution in [1.82, 2.24) is 0 Å². The molecule has 0 saturated heterocycles. The van der Waals surface area contributed by atoms with E-state index in [1.807, 2.05) is 0 Å². The maximum absolute atomic E-state index is 13.6. The predicted molar refractivity (Wildman–Crippen MR) is 211 cm³/mol. The Morgan fingerprint density at radius 2 is 0.367 bits per heavy atom. The minimum Gasteiger partial charge on any atom is -0.465 e. The fraction of sp³-hybridized carbons (Fsp3) is 0.636. The van der Waals surface area contributed by atoms with Gasteiger partial charge >= 0.3 is 47.8 Å². The first-order valence-electron chi connectivity index (χ1n) is 19.9. The van der Waals surface area contributed by atoms with Crippen molar-refractivity contribution in [2.75, 3.05) is 52.9 Å². The molecule has 0 aromatic rings. The highest BCUT2D eigenvalue weighted by Crippen LogP contribution is 2.36. The predicted octanol–water partition coefficient (Wildman–Crippen LogP) is 3.58. The summed E-state index contributed by atoms with van der Waals surface area (Å²) in [5.74, 6) is 13.4. The molecule has 60 heavy (non-hydrogen) atoms. The molecule has 0 aromatic heterocycles. The summed E-state index contributed by atoms with van der Waals surface area (Å²) < 4.78 is 42.3. The van der Waals surface area contributed by atoms with E-state index in [0.29, 0.717) is 0 Å². The second kappa shape index (κ2) is 26.2. The molecule has 0 bridgehead atoms. The van der Waals surface area contributed by atoms with Crippen molar-refractivity contribution in [2.45, 2.75) is 107 Å². The van der Waals surface area contributed by atoms with Gasteiger partial charge in [-0.25, -0.2) is 0 Å². The number of rotatable bonds is 16. The van der Waals surface area contributed by atoms with Crippen molar-refractivity contribution in [1.29, 1.82) is 0 Å². The van der Waals surface area contributed by atoms with Gasteiger partial charge in [0.2, 0.25) is 0 Å². The van der Waals surface area contributed by atoms with E-state index < -0.39 is 121 Å². The van der Waals surface area contributed by atoms with Gasteiger partial charge in [0.1, 0.15) is 0 Å². The maximum Gasteiger partial charge on any atom is 0.325 e. The zero-order chi connectivity index (χ0) is 45.2. The molecule has 16 heteroatoms. The summed E-state index contributed by atoms with van der Waals surface area (Å²) in [5.41, 5.74) is -8.71. The summed E-state index contributed by atoms with van der Waals surface area (Å²) in [5, 5.41) is 0. The molecule has 16 nitrogen and oxygen atoms in total. The first kappa shape index (κ1) is 52.0. The highest BCUT2D eigenvalue weighted by Gasteiger charge is 2.52. The molecule has 0 heterocycles. The summed E-state index contributed by atoms with van der Waals surface area (Å²) >= 11 is 0. The van der Waals surface area contributed by atoms with Gasteiger partial charge in [-0.3, -0.25) is 38.4 Å². The minimum atomic E-state index is -2.18. The second-order valence-corrected chi connectivity index (χ2v) is 12.9. The van der Waals surface area contributed by atoms with Crippen molar-refractivity contribution < 1.29 is 76.3 Å². The van der Waals surface area contributed by atoms with Crippen LogP contribution < -0.4 is 0 Å². The minimum absolute atomic E-state index is 0.143. The van der Waals surface area contributed by atoms with Gasteiger partial charge < -0.3 is 37.9 Å². The van der Waals surface area contributed by atoms with Crippen LogP contribution in [0.5, 0.6) is 0 Å². The van der Waals surface area contributed by atoms with Crippen LogP contribution in [0.25, 0.3) is 0 Å². The van der Waals surface area contributed by atoms with Crippen LogP contribution >= 0.6 is 0 Å². The van der Waals surface area contributed by atoms with E-state index in [2.05, 4.69) is 47.4 Å². The lowest BCUT2D eigenvalue weighted by molar-refractivity contribution is -0.173. The van der Waals surface area contributed by atoms with Crippen LogP contribution in [0.15, 0.2) is 0 Å². The molecular weight excluding hydrogens is 784 g/mol. The van der Waals surface area contributed by atoms with Gasteiger partial charge in [0, 0.05) is 51.4 Å². The van der Waals surface area contributed by atoms with Crippen molar-refractivity contribution in [2.24, 2.45) is 21.7 Å². The van der Waals surface area contributed by atoms with E-state index >= 15 is 0 Å². The highest BCUT2D eigenvalue weighted by molar-refractivity contribution is 6.03. The lowest BCUT2D eigenvalue weighted by Crippen LogP contribution is -2.43. The van der Waals surface area contributed by atoms with E-state index in [-0.39, 0.29) is 52.9 Å². The maximum atomic E-state index is 13.6. The molecule has 0 amide bonds. The third kappa shape index (κ3) is 13.0. The highest BCUT2D eigenvalue weighted by atomic mass is 16.6. The number of ether oxygens (including phenoxy) is 8. The standard InChI is InChI=1S/C44H56O16/c1-9-53-33(45)41(34(46)54-10-2)25-17-19-27-42(35(47)55-11-3,36(48)56-12-4)29-21-23-31-44(39(51)59-15-7,40(52)60-16-8)32-24-22-30-43(28-20-18-26-41,37(49)57-13-5)38(50)58-14-6/h9-16,25-32H2,1-8H3. The average molecular weight is 841 g/mol. The fourth-order valence-corrected chi connectivity index (χ4v) is 5.60. The first-order valence-corrected chi connectivity index (χ1v) is 19.9. The number of carbonyl (C=O) groups excluding carboxylic acids is 8. The smallest absolute Gasteiger partial charge is 0.325 e. The molecule has 0 aliphatic heterocycles. The Bertz CT molecular complexity index is 1430. The Labute approximate surface area is 352 Å². The molecule has 0 atom stereocenters. The Kier molecular flexibility index (Phi) is 22.7. The van der Waals surface area contributed by atoms with Crippen LogP contribution in [0.1, 0.15) is 107 Å². The quantitative estimate of drug-likeness (QED) is 0.0941. The normalized spacial score (nSPS) is 16.4. The van der Waals surface area contributed by atoms with Crippen LogP contribution in [0.3, 0.4) is 0 Å². The van der Waals surface area contributed by atoms with Crippen LogP contribution in [0.4, 0.5) is 0 Å². The summed E-state index contributed by atoms with van der Waals surface area (Å²) in [6, 6.07) is 0. The van der Waals surface area contributed by atoms with Crippen molar-refractivity contribution in [3.63, 3.8) is 0 Å². The zero-order valence-corrected chi connectivity index (χ0v) is 35.8. The number of hydrogen-bond acceptors (Lipinski definition) is 16. The summed E-state index contributed by atoms with van der Waals surface area (Å²) in [6.45, 7) is 11.0. The lowest BCUT2D eigenvalue weighted by Gasteiger charge is -2.27. The van der Waals surface area contributed by atoms with Crippen molar-refractivity contribution in [3.05, 3.63) is 0 Å². The molecular formula is C44H56O16.